The Balaban J connectivity index is 1.45. The van der Waals surface area contributed by atoms with Crippen LogP contribution in [0.4, 0.5) is 10.5 Å². The van der Waals surface area contributed by atoms with Gasteiger partial charge in [-0.1, -0.05) is 0 Å². The molecule has 0 radical (unpaired) electrons. The number of amides is 3. The summed E-state index contributed by atoms with van der Waals surface area (Å²) in [5.74, 6) is 0.774. The molecule has 2 fully saturated rings. The van der Waals surface area contributed by atoms with Crippen molar-refractivity contribution in [2.75, 3.05) is 32.1 Å². The van der Waals surface area contributed by atoms with Crippen LogP contribution in [0.5, 0.6) is 5.88 Å². The summed E-state index contributed by atoms with van der Waals surface area (Å²) in [4.78, 5) is 32.3. The number of ether oxygens (including phenoxy) is 1. The van der Waals surface area contributed by atoms with Crippen LogP contribution >= 0.6 is 0 Å². The number of fused-ring (bicyclic) bond motifs is 2. The van der Waals surface area contributed by atoms with E-state index in [4.69, 9.17) is 4.74 Å². The lowest BCUT2D eigenvalue weighted by molar-refractivity contribution is -0.130. The van der Waals surface area contributed by atoms with Crippen molar-refractivity contribution >= 4 is 28.5 Å². The van der Waals surface area contributed by atoms with Crippen LogP contribution in [0.15, 0.2) is 30.3 Å². The van der Waals surface area contributed by atoms with E-state index in [1.54, 1.807) is 18.1 Å². The van der Waals surface area contributed by atoms with Gasteiger partial charge in [0.2, 0.25) is 11.8 Å². The van der Waals surface area contributed by atoms with Crippen molar-refractivity contribution in [2.24, 2.45) is 0 Å². The van der Waals surface area contributed by atoms with Gasteiger partial charge in [-0.05, 0) is 30.7 Å². The second kappa shape index (κ2) is 6.23. The van der Waals surface area contributed by atoms with Gasteiger partial charge in [-0.3, -0.25) is 4.79 Å². The average Bonchev–Trinajstić information content (AvgIpc) is 3.01. The van der Waals surface area contributed by atoms with Gasteiger partial charge in [0.1, 0.15) is 0 Å². The summed E-state index contributed by atoms with van der Waals surface area (Å²) < 4.78 is 5.12. The van der Waals surface area contributed by atoms with Crippen LogP contribution in [0.3, 0.4) is 0 Å². The first kappa shape index (κ1) is 15.7. The molecule has 130 valence electrons. The normalized spacial score (nSPS) is 19.9. The Morgan fingerprint density at radius 1 is 1.28 bits per heavy atom. The number of piperazine rings is 1. The fourth-order valence-electron chi connectivity index (χ4n) is 3.55. The van der Waals surface area contributed by atoms with Crippen molar-refractivity contribution in [1.29, 1.82) is 0 Å². The number of nitrogens with zero attached hydrogens (tertiary/aromatic N) is 3. The molecule has 0 aliphatic carbocycles. The van der Waals surface area contributed by atoms with Crippen LogP contribution in [0.25, 0.3) is 10.9 Å². The Kier molecular flexibility index (Phi) is 3.91. The highest BCUT2D eigenvalue weighted by Gasteiger charge is 2.36. The van der Waals surface area contributed by atoms with Gasteiger partial charge in [0.25, 0.3) is 0 Å². The van der Waals surface area contributed by atoms with E-state index in [0.717, 1.165) is 23.0 Å². The molecule has 0 saturated carbocycles. The quantitative estimate of drug-likeness (QED) is 0.908. The summed E-state index contributed by atoms with van der Waals surface area (Å²) in [5, 5.41) is 3.88. The molecule has 25 heavy (non-hydrogen) atoms. The maximum atomic E-state index is 12.5. The monoisotopic (exact) mass is 340 g/mol. The Labute approximate surface area is 145 Å². The van der Waals surface area contributed by atoms with Crippen molar-refractivity contribution in [2.45, 2.75) is 18.9 Å². The van der Waals surface area contributed by atoms with E-state index < -0.39 is 0 Å². The van der Waals surface area contributed by atoms with E-state index in [2.05, 4.69) is 10.3 Å². The standard InChI is InChI=1S/C18H20N4O3/c1-25-16-6-2-12-10-13(3-5-15(12)20-16)19-18(24)21-8-9-22-14(11-21)4-7-17(22)23/h2-3,5-6,10,14H,4,7-9,11H2,1H3,(H,19,24). The van der Waals surface area contributed by atoms with Gasteiger partial charge in [0.15, 0.2) is 0 Å². The number of hydrogen-bond donors (Lipinski definition) is 1. The minimum atomic E-state index is -0.125. The van der Waals surface area contributed by atoms with Gasteiger partial charge < -0.3 is 19.9 Å². The highest BCUT2D eigenvalue weighted by atomic mass is 16.5. The zero-order valence-corrected chi connectivity index (χ0v) is 14.1. The fourth-order valence-corrected chi connectivity index (χ4v) is 3.55. The summed E-state index contributed by atoms with van der Waals surface area (Å²) in [6, 6.07) is 9.35. The number of benzene rings is 1. The molecule has 3 heterocycles. The van der Waals surface area contributed by atoms with E-state index in [1.807, 2.05) is 29.2 Å². The number of nitrogens with one attached hydrogen (secondary N) is 1. The lowest BCUT2D eigenvalue weighted by atomic mass is 10.1. The smallest absolute Gasteiger partial charge is 0.321 e. The van der Waals surface area contributed by atoms with Crippen molar-refractivity contribution in [1.82, 2.24) is 14.8 Å². The second-order valence-corrected chi connectivity index (χ2v) is 6.42. The molecular formula is C18H20N4O3. The molecule has 7 heteroatoms. The minimum absolute atomic E-state index is 0.125. The summed E-state index contributed by atoms with van der Waals surface area (Å²) in [5.41, 5.74) is 1.55. The number of carbonyl (C=O) groups excluding carboxylic acids is 2. The number of rotatable bonds is 2. The molecular weight excluding hydrogens is 320 g/mol. The molecule has 1 aromatic heterocycles. The molecule has 7 nitrogen and oxygen atoms in total. The Morgan fingerprint density at radius 2 is 2.16 bits per heavy atom. The number of methoxy groups -OCH3 is 1. The van der Waals surface area contributed by atoms with Gasteiger partial charge in [-0.25, -0.2) is 9.78 Å². The van der Waals surface area contributed by atoms with Gasteiger partial charge in [-0.2, -0.15) is 0 Å². The molecule has 1 N–H and O–H groups in total. The Bertz CT molecular complexity index is 838. The minimum Gasteiger partial charge on any atom is -0.481 e. The van der Waals surface area contributed by atoms with E-state index in [0.29, 0.717) is 31.9 Å². The van der Waals surface area contributed by atoms with Crippen LogP contribution in [-0.4, -0.2) is 59.5 Å². The number of anilines is 1. The number of pyridine rings is 1. The summed E-state index contributed by atoms with van der Waals surface area (Å²) in [6.07, 6.45) is 1.44. The van der Waals surface area contributed by atoms with E-state index in [1.165, 1.54) is 0 Å². The topological polar surface area (TPSA) is 74.8 Å². The van der Waals surface area contributed by atoms with Crippen molar-refractivity contribution in [3.8, 4) is 5.88 Å². The Morgan fingerprint density at radius 3 is 3.00 bits per heavy atom. The zero-order chi connectivity index (χ0) is 17.4. The number of urea groups is 1. The van der Waals surface area contributed by atoms with Gasteiger partial charge in [0.05, 0.1) is 12.6 Å². The first-order chi connectivity index (χ1) is 12.1. The molecule has 1 atom stereocenters. The van der Waals surface area contributed by atoms with E-state index in [-0.39, 0.29) is 18.0 Å². The lowest BCUT2D eigenvalue weighted by Gasteiger charge is -2.37. The van der Waals surface area contributed by atoms with Gasteiger partial charge >= 0.3 is 6.03 Å². The zero-order valence-electron chi connectivity index (χ0n) is 14.1. The van der Waals surface area contributed by atoms with Gasteiger partial charge in [0, 0.05) is 49.2 Å². The Hall–Kier alpha value is -2.83. The largest absolute Gasteiger partial charge is 0.481 e. The third-order valence-electron chi connectivity index (χ3n) is 4.91. The molecule has 2 aliphatic rings. The molecule has 3 amide bonds. The first-order valence-electron chi connectivity index (χ1n) is 8.44. The first-order valence-corrected chi connectivity index (χ1v) is 8.44. The molecule has 2 aromatic rings. The maximum absolute atomic E-state index is 12.5. The molecule has 1 aromatic carbocycles. The average molecular weight is 340 g/mol. The molecule has 0 spiro atoms. The van der Waals surface area contributed by atoms with Crippen molar-refractivity contribution in [3.05, 3.63) is 30.3 Å². The van der Waals surface area contributed by atoms with Crippen molar-refractivity contribution < 1.29 is 14.3 Å². The second-order valence-electron chi connectivity index (χ2n) is 6.42. The highest BCUT2D eigenvalue weighted by Crippen LogP contribution is 2.24. The summed E-state index contributed by atoms with van der Waals surface area (Å²) in [6.45, 7) is 1.79. The summed E-state index contributed by atoms with van der Waals surface area (Å²) >= 11 is 0. The third kappa shape index (κ3) is 2.97. The lowest BCUT2D eigenvalue weighted by Crippen LogP contribution is -2.54. The molecule has 2 aliphatic heterocycles. The predicted molar refractivity (Wildman–Crippen MR) is 93.6 cm³/mol. The van der Waals surface area contributed by atoms with Crippen LogP contribution in [-0.2, 0) is 4.79 Å². The SMILES string of the molecule is COc1ccc2cc(NC(=O)N3CCN4C(=O)CCC4C3)ccc2n1. The van der Waals surface area contributed by atoms with Crippen molar-refractivity contribution in [3.63, 3.8) is 0 Å². The molecule has 0 bridgehead atoms. The fraction of sp³-hybridized carbons (Fsp3) is 0.389. The van der Waals surface area contributed by atoms with Gasteiger partial charge in [-0.15, -0.1) is 0 Å². The van der Waals surface area contributed by atoms with Crippen LogP contribution in [0.2, 0.25) is 0 Å². The van der Waals surface area contributed by atoms with E-state index >= 15 is 0 Å². The van der Waals surface area contributed by atoms with Crippen LogP contribution in [0.1, 0.15) is 12.8 Å². The molecule has 4 rings (SSSR count). The number of carbonyl (C=O) groups is 2. The number of aromatic nitrogens is 1. The summed E-state index contributed by atoms with van der Waals surface area (Å²) in [7, 11) is 1.58. The van der Waals surface area contributed by atoms with E-state index in [9.17, 15) is 9.59 Å². The molecule has 1 unspecified atom stereocenters. The number of hydrogen-bond acceptors (Lipinski definition) is 4. The van der Waals surface area contributed by atoms with Crippen LogP contribution in [0, 0.1) is 0 Å². The highest BCUT2D eigenvalue weighted by molar-refractivity contribution is 5.93. The molecule has 2 saturated heterocycles. The third-order valence-corrected chi connectivity index (χ3v) is 4.91. The maximum Gasteiger partial charge on any atom is 0.321 e. The van der Waals surface area contributed by atoms with Crippen LogP contribution < -0.4 is 10.1 Å². The predicted octanol–water partition coefficient (Wildman–Crippen LogP) is 2.08.